The number of hydrogen-bond donors (Lipinski definition) is 1. The molecule has 140 valence electrons. The molecule has 2 aromatic carbocycles. The minimum atomic E-state index is -4.18. The fourth-order valence-corrected chi connectivity index (χ4v) is 3.30. The van der Waals surface area contributed by atoms with Crippen LogP contribution in [0, 0.1) is 0 Å². The number of rotatable bonds is 4. The van der Waals surface area contributed by atoms with Crippen LogP contribution in [-0.4, -0.2) is 60.6 Å². The zero-order valence-corrected chi connectivity index (χ0v) is 14.6. The van der Waals surface area contributed by atoms with Gasteiger partial charge in [-0.05, 0) is 18.4 Å². The molecule has 1 atom stereocenters. The van der Waals surface area contributed by atoms with E-state index in [1.165, 1.54) is 4.90 Å². The van der Waals surface area contributed by atoms with Gasteiger partial charge in [0, 0.05) is 37.3 Å². The van der Waals surface area contributed by atoms with E-state index in [-0.39, 0.29) is 5.91 Å². The fraction of sp³-hybridized carbons (Fsp3) is 0.421. The van der Waals surface area contributed by atoms with Crippen LogP contribution >= 0.6 is 0 Å². The second-order valence-corrected chi connectivity index (χ2v) is 6.62. The van der Waals surface area contributed by atoms with Gasteiger partial charge in [0.25, 0.3) is 0 Å². The number of alkyl halides is 3. The molecular formula is C19H22F3N3O. The monoisotopic (exact) mass is 365 g/mol. The second kappa shape index (κ2) is 7.63. The van der Waals surface area contributed by atoms with Gasteiger partial charge >= 0.3 is 6.18 Å². The Labute approximate surface area is 150 Å². The van der Waals surface area contributed by atoms with Crippen molar-refractivity contribution in [1.29, 1.82) is 0 Å². The number of fused-ring (bicyclic) bond motifs is 1. The molecular weight excluding hydrogens is 343 g/mol. The van der Waals surface area contributed by atoms with Crippen molar-refractivity contribution in [2.24, 2.45) is 0 Å². The molecule has 1 aliphatic rings. The highest BCUT2D eigenvalue weighted by atomic mass is 19.4. The molecule has 0 bridgehead atoms. The summed E-state index contributed by atoms with van der Waals surface area (Å²) in [5.41, 5.74) is 0.746. The van der Waals surface area contributed by atoms with Gasteiger partial charge in [0.1, 0.15) is 0 Å². The lowest BCUT2D eigenvalue weighted by Gasteiger charge is -2.37. The number of hydrogen-bond acceptors (Lipinski definition) is 3. The SMILES string of the molecule is C[C@@H](C(=O)Nc1cccc2ccccc12)N1CCN(CC(F)(F)F)CC1. The lowest BCUT2D eigenvalue weighted by molar-refractivity contribution is -0.150. The molecule has 7 heteroatoms. The first-order valence-corrected chi connectivity index (χ1v) is 8.65. The Balaban J connectivity index is 1.60. The van der Waals surface area contributed by atoms with E-state index in [2.05, 4.69) is 5.32 Å². The van der Waals surface area contributed by atoms with Gasteiger partial charge in [-0.15, -0.1) is 0 Å². The van der Waals surface area contributed by atoms with Gasteiger partial charge in [0.05, 0.1) is 12.6 Å². The molecule has 1 fully saturated rings. The number of nitrogens with one attached hydrogen (secondary N) is 1. The molecule has 1 aliphatic heterocycles. The molecule has 0 aromatic heterocycles. The van der Waals surface area contributed by atoms with Crippen LogP contribution in [0.25, 0.3) is 10.8 Å². The molecule has 1 heterocycles. The molecule has 1 N–H and O–H groups in total. The van der Waals surface area contributed by atoms with Crippen molar-refractivity contribution in [2.75, 3.05) is 38.0 Å². The van der Waals surface area contributed by atoms with Crippen LogP contribution in [0.15, 0.2) is 42.5 Å². The zero-order chi connectivity index (χ0) is 18.7. The Morgan fingerprint density at radius 1 is 1.08 bits per heavy atom. The smallest absolute Gasteiger partial charge is 0.324 e. The zero-order valence-electron chi connectivity index (χ0n) is 14.6. The number of anilines is 1. The average Bonchev–Trinajstić information content (AvgIpc) is 2.61. The van der Waals surface area contributed by atoms with Gasteiger partial charge in [0.15, 0.2) is 0 Å². The van der Waals surface area contributed by atoms with Crippen molar-refractivity contribution < 1.29 is 18.0 Å². The first-order chi connectivity index (χ1) is 12.3. The molecule has 4 nitrogen and oxygen atoms in total. The normalized spacial score (nSPS) is 18.0. The van der Waals surface area contributed by atoms with E-state index in [9.17, 15) is 18.0 Å². The maximum Gasteiger partial charge on any atom is 0.401 e. The number of carbonyl (C=O) groups is 1. The number of piperazine rings is 1. The van der Waals surface area contributed by atoms with E-state index in [0.29, 0.717) is 26.2 Å². The van der Waals surface area contributed by atoms with E-state index < -0.39 is 18.8 Å². The summed E-state index contributed by atoms with van der Waals surface area (Å²) in [6.07, 6.45) is -4.18. The maximum atomic E-state index is 12.6. The summed E-state index contributed by atoms with van der Waals surface area (Å²) >= 11 is 0. The Morgan fingerprint density at radius 3 is 2.42 bits per heavy atom. The average molecular weight is 365 g/mol. The van der Waals surface area contributed by atoms with Crippen molar-refractivity contribution in [3.8, 4) is 0 Å². The van der Waals surface area contributed by atoms with Crippen LogP contribution in [-0.2, 0) is 4.79 Å². The van der Waals surface area contributed by atoms with Crippen molar-refractivity contribution in [3.05, 3.63) is 42.5 Å². The highest BCUT2D eigenvalue weighted by Crippen LogP contribution is 2.23. The molecule has 0 radical (unpaired) electrons. The van der Waals surface area contributed by atoms with Gasteiger partial charge in [-0.2, -0.15) is 13.2 Å². The summed E-state index contributed by atoms with van der Waals surface area (Å²) in [6, 6.07) is 13.1. The molecule has 26 heavy (non-hydrogen) atoms. The minimum absolute atomic E-state index is 0.148. The van der Waals surface area contributed by atoms with Crippen molar-refractivity contribution in [3.63, 3.8) is 0 Å². The van der Waals surface area contributed by atoms with Crippen LogP contribution in [0.2, 0.25) is 0 Å². The largest absolute Gasteiger partial charge is 0.401 e. The summed E-state index contributed by atoms with van der Waals surface area (Å²) < 4.78 is 37.4. The standard InChI is InChI=1S/C19H22F3N3O/c1-14(25-11-9-24(10-12-25)13-19(20,21)22)18(26)23-17-8-4-6-15-5-2-3-7-16(15)17/h2-8,14H,9-13H2,1H3,(H,23,26)/t14-/m0/s1. The quantitative estimate of drug-likeness (QED) is 0.903. The highest BCUT2D eigenvalue weighted by Gasteiger charge is 2.33. The fourth-order valence-electron chi connectivity index (χ4n) is 3.30. The third-order valence-electron chi connectivity index (χ3n) is 4.78. The van der Waals surface area contributed by atoms with Gasteiger partial charge in [-0.3, -0.25) is 14.6 Å². The van der Waals surface area contributed by atoms with E-state index in [1.54, 1.807) is 6.92 Å². The Hall–Kier alpha value is -2.12. The lowest BCUT2D eigenvalue weighted by atomic mass is 10.1. The predicted molar refractivity (Wildman–Crippen MR) is 96.1 cm³/mol. The maximum absolute atomic E-state index is 12.6. The number of halogens is 3. The minimum Gasteiger partial charge on any atom is -0.324 e. The predicted octanol–water partition coefficient (Wildman–Crippen LogP) is 3.35. The molecule has 3 rings (SSSR count). The topological polar surface area (TPSA) is 35.6 Å². The number of nitrogens with zero attached hydrogens (tertiary/aromatic N) is 2. The van der Waals surface area contributed by atoms with Gasteiger partial charge < -0.3 is 5.32 Å². The first-order valence-electron chi connectivity index (χ1n) is 8.65. The van der Waals surface area contributed by atoms with Gasteiger partial charge in [-0.1, -0.05) is 36.4 Å². The van der Waals surface area contributed by atoms with E-state index in [4.69, 9.17) is 0 Å². The Morgan fingerprint density at radius 2 is 1.73 bits per heavy atom. The lowest BCUT2D eigenvalue weighted by Crippen LogP contribution is -2.54. The van der Waals surface area contributed by atoms with E-state index in [1.807, 2.05) is 47.4 Å². The summed E-state index contributed by atoms with van der Waals surface area (Å²) in [4.78, 5) is 15.9. The summed E-state index contributed by atoms with van der Waals surface area (Å²) in [7, 11) is 0. The number of carbonyl (C=O) groups excluding carboxylic acids is 1. The van der Waals surface area contributed by atoms with Gasteiger partial charge in [-0.25, -0.2) is 0 Å². The van der Waals surface area contributed by atoms with Crippen LogP contribution in [0.4, 0.5) is 18.9 Å². The van der Waals surface area contributed by atoms with Crippen LogP contribution in [0.1, 0.15) is 6.92 Å². The molecule has 0 unspecified atom stereocenters. The molecule has 1 saturated heterocycles. The summed E-state index contributed by atoms with van der Waals surface area (Å²) in [5, 5.41) is 4.96. The van der Waals surface area contributed by atoms with Crippen LogP contribution < -0.4 is 5.32 Å². The Kier molecular flexibility index (Phi) is 5.48. The third-order valence-corrected chi connectivity index (χ3v) is 4.78. The van der Waals surface area contributed by atoms with Crippen molar-refractivity contribution in [2.45, 2.75) is 19.1 Å². The molecule has 1 amide bonds. The summed E-state index contributed by atoms with van der Waals surface area (Å²) in [5.74, 6) is -0.148. The number of benzene rings is 2. The third kappa shape index (κ3) is 4.53. The van der Waals surface area contributed by atoms with Crippen LogP contribution in [0.3, 0.4) is 0 Å². The molecule has 0 aliphatic carbocycles. The van der Waals surface area contributed by atoms with Crippen molar-refractivity contribution in [1.82, 2.24) is 9.80 Å². The first kappa shape index (κ1) is 18.7. The molecule has 0 saturated carbocycles. The number of amides is 1. The molecule has 2 aromatic rings. The van der Waals surface area contributed by atoms with E-state index >= 15 is 0 Å². The van der Waals surface area contributed by atoms with Gasteiger partial charge in [0.2, 0.25) is 5.91 Å². The van der Waals surface area contributed by atoms with Crippen LogP contribution in [0.5, 0.6) is 0 Å². The van der Waals surface area contributed by atoms with E-state index in [0.717, 1.165) is 16.5 Å². The van der Waals surface area contributed by atoms with Crippen molar-refractivity contribution >= 4 is 22.4 Å². The molecule has 0 spiro atoms. The highest BCUT2D eigenvalue weighted by molar-refractivity contribution is 6.03. The second-order valence-electron chi connectivity index (χ2n) is 6.62. The summed E-state index contributed by atoms with van der Waals surface area (Å²) in [6.45, 7) is 2.41. The Bertz CT molecular complexity index is 765.